The van der Waals surface area contributed by atoms with Crippen molar-refractivity contribution < 1.29 is 9.47 Å². The Balaban J connectivity index is 1.35. The molecule has 0 spiro atoms. The number of benzene rings is 1. The van der Waals surface area contributed by atoms with Crippen LogP contribution in [0.5, 0.6) is 5.75 Å². The molecule has 2 fully saturated rings. The first-order valence-corrected chi connectivity index (χ1v) is 10.6. The third kappa shape index (κ3) is 3.84. The monoisotopic (exact) mass is 424 g/mol. The number of piperazine rings is 1. The molecule has 2 saturated heterocycles. The molecule has 2 aromatic heterocycles. The molecule has 4 heterocycles. The Hall–Kier alpha value is -3.11. The van der Waals surface area contributed by atoms with Gasteiger partial charge in [-0.05, 0) is 24.5 Å². The predicted octanol–water partition coefficient (Wildman–Crippen LogP) is 1.15. The van der Waals surface area contributed by atoms with Crippen LogP contribution in [0.25, 0.3) is 16.9 Å². The molecule has 1 atom stereocenters. The number of methoxy groups -OCH3 is 1. The molecule has 4 N–H and O–H groups in total. The van der Waals surface area contributed by atoms with E-state index in [1.165, 1.54) is 6.42 Å². The molecular formula is C21H28N8O2. The van der Waals surface area contributed by atoms with Gasteiger partial charge in [0.1, 0.15) is 12.1 Å². The molecule has 0 saturated carbocycles. The molecular weight excluding hydrogens is 396 g/mol. The zero-order valence-electron chi connectivity index (χ0n) is 17.7. The van der Waals surface area contributed by atoms with Gasteiger partial charge in [-0.3, -0.25) is 9.47 Å². The van der Waals surface area contributed by atoms with Crippen LogP contribution in [0.2, 0.25) is 0 Å². The lowest BCUT2D eigenvalue weighted by Crippen LogP contribution is -2.47. The number of anilines is 3. The maximum atomic E-state index is 5.95. The average Bonchev–Trinajstić information content (AvgIpc) is 3.44. The minimum Gasteiger partial charge on any atom is -0.494 e. The molecule has 1 aromatic carbocycles. The van der Waals surface area contributed by atoms with E-state index in [0.717, 1.165) is 63.1 Å². The summed E-state index contributed by atoms with van der Waals surface area (Å²) < 4.78 is 13.1. The lowest BCUT2D eigenvalue weighted by Gasteiger charge is -2.37. The van der Waals surface area contributed by atoms with Crippen LogP contribution in [0.15, 0.2) is 24.5 Å². The average molecular weight is 425 g/mol. The number of hydrogen-bond acceptors (Lipinski definition) is 9. The van der Waals surface area contributed by atoms with Crippen LogP contribution in [0.3, 0.4) is 0 Å². The maximum absolute atomic E-state index is 5.95. The van der Waals surface area contributed by atoms with Gasteiger partial charge in [-0.2, -0.15) is 9.97 Å². The van der Waals surface area contributed by atoms with Crippen molar-refractivity contribution in [3.05, 3.63) is 24.5 Å². The molecule has 10 nitrogen and oxygen atoms in total. The van der Waals surface area contributed by atoms with E-state index in [-0.39, 0.29) is 11.8 Å². The van der Waals surface area contributed by atoms with E-state index in [9.17, 15) is 0 Å². The van der Waals surface area contributed by atoms with Crippen molar-refractivity contribution in [1.82, 2.24) is 24.4 Å². The first kappa shape index (κ1) is 19.8. The van der Waals surface area contributed by atoms with Crippen LogP contribution >= 0.6 is 0 Å². The van der Waals surface area contributed by atoms with Crippen molar-refractivity contribution in [2.75, 3.05) is 69.4 Å². The molecule has 0 aliphatic carbocycles. The Kier molecular flexibility index (Phi) is 5.24. The summed E-state index contributed by atoms with van der Waals surface area (Å²) in [5.74, 6) is 1.80. The third-order valence-corrected chi connectivity index (χ3v) is 6.14. The predicted molar refractivity (Wildman–Crippen MR) is 120 cm³/mol. The van der Waals surface area contributed by atoms with E-state index in [0.29, 0.717) is 17.1 Å². The fourth-order valence-corrected chi connectivity index (χ4v) is 4.46. The zero-order valence-corrected chi connectivity index (χ0v) is 17.7. The summed E-state index contributed by atoms with van der Waals surface area (Å²) >= 11 is 0. The van der Waals surface area contributed by atoms with Crippen LogP contribution in [0, 0.1) is 5.92 Å². The summed E-state index contributed by atoms with van der Waals surface area (Å²) in [6.45, 7) is 7.05. The number of ether oxygens (including phenoxy) is 2. The summed E-state index contributed by atoms with van der Waals surface area (Å²) in [5, 5.41) is 0. The summed E-state index contributed by atoms with van der Waals surface area (Å²) in [6.07, 6.45) is 2.85. The van der Waals surface area contributed by atoms with E-state index in [4.69, 9.17) is 20.9 Å². The van der Waals surface area contributed by atoms with Gasteiger partial charge >= 0.3 is 0 Å². The van der Waals surface area contributed by atoms with Crippen molar-refractivity contribution in [2.45, 2.75) is 6.42 Å². The highest BCUT2D eigenvalue weighted by Crippen LogP contribution is 2.31. The van der Waals surface area contributed by atoms with Crippen LogP contribution < -0.4 is 21.1 Å². The Labute approximate surface area is 180 Å². The molecule has 164 valence electrons. The second-order valence-electron chi connectivity index (χ2n) is 8.13. The van der Waals surface area contributed by atoms with Crippen LogP contribution in [0.1, 0.15) is 6.42 Å². The fraction of sp³-hybridized carbons (Fsp3) is 0.476. The second-order valence-corrected chi connectivity index (χ2v) is 8.13. The van der Waals surface area contributed by atoms with Crippen molar-refractivity contribution in [2.24, 2.45) is 5.92 Å². The van der Waals surface area contributed by atoms with Crippen molar-refractivity contribution in [1.29, 1.82) is 0 Å². The first-order valence-electron chi connectivity index (χ1n) is 10.6. The van der Waals surface area contributed by atoms with E-state index < -0.39 is 0 Å². The molecule has 2 aliphatic rings. The topological polar surface area (TPSA) is 121 Å². The lowest BCUT2D eigenvalue weighted by molar-refractivity contribution is 0.164. The zero-order chi connectivity index (χ0) is 21.4. The van der Waals surface area contributed by atoms with Crippen molar-refractivity contribution in [3.63, 3.8) is 0 Å². The third-order valence-electron chi connectivity index (χ3n) is 6.14. The molecule has 31 heavy (non-hydrogen) atoms. The quantitative estimate of drug-likeness (QED) is 0.621. The van der Waals surface area contributed by atoms with Crippen molar-refractivity contribution >= 4 is 28.6 Å². The molecule has 0 bridgehead atoms. The molecule has 0 amide bonds. The summed E-state index contributed by atoms with van der Waals surface area (Å²) in [5.41, 5.74) is 14.8. The van der Waals surface area contributed by atoms with Gasteiger partial charge in [0.05, 0.1) is 19.4 Å². The van der Waals surface area contributed by atoms with Gasteiger partial charge in [0.15, 0.2) is 17.0 Å². The normalized spacial score (nSPS) is 19.9. The number of fused-ring (bicyclic) bond motifs is 1. The second kappa shape index (κ2) is 8.20. The molecule has 5 rings (SSSR count). The SMILES string of the molecule is COc1cc(N2CCN(CC3CCOC3)CC2)ccc1-n1cnc2c(N)nc(N)nc21. The van der Waals surface area contributed by atoms with Gasteiger partial charge in [-0.1, -0.05) is 0 Å². The first-order chi connectivity index (χ1) is 15.1. The van der Waals surface area contributed by atoms with Gasteiger partial charge in [0, 0.05) is 51.1 Å². The van der Waals surface area contributed by atoms with Crippen LogP contribution in [0.4, 0.5) is 17.5 Å². The number of nitrogens with two attached hydrogens (primary N) is 2. The summed E-state index contributed by atoms with van der Waals surface area (Å²) in [7, 11) is 1.67. The lowest BCUT2D eigenvalue weighted by atomic mass is 10.1. The van der Waals surface area contributed by atoms with Crippen molar-refractivity contribution in [3.8, 4) is 11.4 Å². The highest BCUT2D eigenvalue weighted by molar-refractivity contribution is 5.84. The van der Waals surface area contributed by atoms with Crippen LogP contribution in [-0.2, 0) is 4.74 Å². The minimum atomic E-state index is 0.115. The van der Waals surface area contributed by atoms with Crippen LogP contribution in [-0.4, -0.2) is 77.5 Å². The number of imidazole rings is 1. The standard InChI is InChI=1S/C21H28N8O2/c1-30-17-10-15(28-7-5-27(6-8-28)11-14-4-9-31-12-14)2-3-16(17)29-13-24-18-19(22)25-21(23)26-20(18)29/h2-3,10,13-14H,4-9,11-12H2,1H3,(H4,22,23,25,26). The summed E-state index contributed by atoms with van der Waals surface area (Å²) in [4.78, 5) is 17.6. The largest absolute Gasteiger partial charge is 0.494 e. The number of nitrogen functional groups attached to an aromatic ring is 2. The Morgan fingerprint density at radius 1 is 1.16 bits per heavy atom. The Morgan fingerprint density at radius 3 is 2.74 bits per heavy atom. The van der Waals surface area contributed by atoms with Gasteiger partial charge in [-0.25, -0.2) is 4.98 Å². The van der Waals surface area contributed by atoms with E-state index in [1.807, 2.05) is 10.6 Å². The molecule has 2 aliphatic heterocycles. The van der Waals surface area contributed by atoms with Gasteiger partial charge in [-0.15, -0.1) is 0 Å². The Bertz CT molecular complexity index is 1070. The molecule has 0 radical (unpaired) electrons. The summed E-state index contributed by atoms with van der Waals surface area (Å²) in [6, 6.07) is 6.19. The number of aromatic nitrogens is 4. The molecule has 10 heteroatoms. The maximum Gasteiger partial charge on any atom is 0.224 e. The number of hydrogen-bond donors (Lipinski definition) is 2. The highest BCUT2D eigenvalue weighted by Gasteiger charge is 2.23. The van der Waals surface area contributed by atoms with E-state index in [2.05, 4.69) is 36.9 Å². The van der Waals surface area contributed by atoms with Gasteiger partial charge in [0.2, 0.25) is 5.95 Å². The smallest absolute Gasteiger partial charge is 0.224 e. The van der Waals surface area contributed by atoms with E-state index >= 15 is 0 Å². The van der Waals surface area contributed by atoms with E-state index in [1.54, 1.807) is 13.4 Å². The number of rotatable bonds is 5. The molecule has 3 aromatic rings. The van der Waals surface area contributed by atoms with Gasteiger partial charge in [0.25, 0.3) is 0 Å². The number of nitrogens with zero attached hydrogens (tertiary/aromatic N) is 6. The minimum absolute atomic E-state index is 0.115. The fourth-order valence-electron chi connectivity index (χ4n) is 4.46. The highest BCUT2D eigenvalue weighted by atomic mass is 16.5. The molecule has 1 unspecified atom stereocenters. The van der Waals surface area contributed by atoms with Gasteiger partial charge < -0.3 is 25.8 Å². The Morgan fingerprint density at radius 2 is 2.00 bits per heavy atom.